The Morgan fingerprint density at radius 3 is 2.57 bits per heavy atom. The number of hydrogen-bond donors (Lipinski definition) is 2. The van der Waals surface area contributed by atoms with Crippen LogP contribution in [0.4, 0.5) is 4.79 Å². The molecule has 2 N–H and O–H groups in total. The number of hydrogen-bond acceptors (Lipinski definition) is 1. The van der Waals surface area contributed by atoms with Gasteiger partial charge in [-0.15, -0.1) is 0 Å². The highest BCUT2D eigenvalue weighted by molar-refractivity contribution is 5.74. The largest absolute Gasteiger partial charge is 0.336 e. The van der Waals surface area contributed by atoms with Gasteiger partial charge in [-0.3, -0.25) is 0 Å². The Kier molecular flexibility index (Phi) is 4.77. The first kappa shape index (κ1) is 11.3. The van der Waals surface area contributed by atoms with Crippen molar-refractivity contribution in [3.05, 3.63) is 0 Å². The van der Waals surface area contributed by atoms with E-state index in [1.165, 1.54) is 19.3 Å². The Balaban J connectivity index is 2.18. The standard InChI is InChI=1S/C11H22N2O/c1-3-9(2)12-11(14)13-10-7-5-4-6-8-10/h9-10H,3-8H2,1-2H3,(H2,12,13,14)/t9-/m1/s1. The molecule has 0 aromatic carbocycles. The summed E-state index contributed by atoms with van der Waals surface area (Å²) in [5.41, 5.74) is 0. The van der Waals surface area contributed by atoms with Crippen molar-refractivity contribution in [3.63, 3.8) is 0 Å². The van der Waals surface area contributed by atoms with Crippen LogP contribution in [-0.4, -0.2) is 18.1 Å². The summed E-state index contributed by atoms with van der Waals surface area (Å²) < 4.78 is 0. The van der Waals surface area contributed by atoms with Gasteiger partial charge < -0.3 is 10.6 Å². The Morgan fingerprint density at radius 2 is 2.00 bits per heavy atom. The maximum absolute atomic E-state index is 11.5. The average Bonchev–Trinajstić information content (AvgIpc) is 2.19. The number of urea groups is 1. The van der Waals surface area contributed by atoms with Crippen LogP contribution in [0.3, 0.4) is 0 Å². The SMILES string of the molecule is CC[C@@H](C)NC(=O)NC1CCCCC1. The number of carbonyl (C=O) groups excluding carboxylic acids is 1. The van der Waals surface area contributed by atoms with Crippen molar-refractivity contribution >= 4 is 6.03 Å². The van der Waals surface area contributed by atoms with Crippen LogP contribution in [-0.2, 0) is 0 Å². The summed E-state index contributed by atoms with van der Waals surface area (Å²) in [6, 6.07) is 0.692. The molecule has 0 aliphatic heterocycles. The second-order valence-electron chi connectivity index (χ2n) is 4.26. The third kappa shape index (κ3) is 3.99. The van der Waals surface area contributed by atoms with Crippen LogP contribution in [0.15, 0.2) is 0 Å². The monoisotopic (exact) mass is 198 g/mol. The molecule has 2 amide bonds. The predicted molar refractivity (Wildman–Crippen MR) is 58.3 cm³/mol. The summed E-state index contributed by atoms with van der Waals surface area (Å²) in [7, 11) is 0. The van der Waals surface area contributed by atoms with E-state index in [9.17, 15) is 4.79 Å². The molecule has 0 saturated heterocycles. The van der Waals surface area contributed by atoms with E-state index in [0.29, 0.717) is 6.04 Å². The van der Waals surface area contributed by atoms with Crippen molar-refractivity contribution in [1.29, 1.82) is 0 Å². The fraction of sp³-hybridized carbons (Fsp3) is 0.909. The van der Waals surface area contributed by atoms with Gasteiger partial charge in [0.2, 0.25) is 0 Å². The van der Waals surface area contributed by atoms with Gasteiger partial charge in [0.1, 0.15) is 0 Å². The van der Waals surface area contributed by atoms with Crippen molar-refractivity contribution in [2.45, 2.75) is 64.5 Å². The van der Waals surface area contributed by atoms with Gasteiger partial charge in [0.05, 0.1) is 0 Å². The van der Waals surface area contributed by atoms with E-state index < -0.39 is 0 Å². The summed E-state index contributed by atoms with van der Waals surface area (Å²) in [5.74, 6) is 0. The maximum Gasteiger partial charge on any atom is 0.315 e. The molecule has 1 aliphatic carbocycles. The van der Waals surface area contributed by atoms with Gasteiger partial charge >= 0.3 is 6.03 Å². The highest BCUT2D eigenvalue weighted by Crippen LogP contribution is 2.17. The summed E-state index contributed by atoms with van der Waals surface area (Å²) in [4.78, 5) is 11.5. The molecule has 3 nitrogen and oxygen atoms in total. The fourth-order valence-corrected chi connectivity index (χ4v) is 1.80. The summed E-state index contributed by atoms with van der Waals surface area (Å²) >= 11 is 0. The van der Waals surface area contributed by atoms with Gasteiger partial charge in [0, 0.05) is 12.1 Å². The van der Waals surface area contributed by atoms with Crippen molar-refractivity contribution in [3.8, 4) is 0 Å². The molecule has 0 heterocycles. The third-order valence-electron chi connectivity index (χ3n) is 2.93. The Labute approximate surface area is 86.6 Å². The van der Waals surface area contributed by atoms with Crippen molar-refractivity contribution in [1.82, 2.24) is 10.6 Å². The summed E-state index contributed by atoms with van der Waals surface area (Å²) in [6.45, 7) is 4.10. The first-order valence-electron chi connectivity index (χ1n) is 5.79. The fourth-order valence-electron chi connectivity index (χ4n) is 1.80. The molecule has 14 heavy (non-hydrogen) atoms. The second kappa shape index (κ2) is 5.89. The van der Waals surface area contributed by atoms with Crippen molar-refractivity contribution in [2.24, 2.45) is 0 Å². The Bertz CT molecular complexity index is 176. The lowest BCUT2D eigenvalue weighted by Crippen LogP contribution is -2.45. The summed E-state index contributed by atoms with van der Waals surface area (Å²) in [5, 5.41) is 5.96. The minimum absolute atomic E-state index is 0.00579. The lowest BCUT2D eigenvalue weighted by Gasteiger charge is -2.23. The first-order valence-corrected chi connectivity index (χ1v) is 5.79. The molecule has 0 bridgehead atoms. The van der Waals surface area contributed by atoms with Gasteiger partial charge in [0.15, 0.2) is 0 Å². The Hall–Kier alpha value is -0.730. The normalized spacial score (nSPS) is 20.1. The molecule has 3 heteroatoms. The molecule has 1 rings (SSSR count). The first-order chi connectivity index (χ1) is 6.72. The molecule has 0 aromatic heterocycles. The molecule has 0 spiro atoms. The van der Waals surface area contributed by atoms with Crippen LogP contribution >= 0.6 is 0 Å². The topological polar surface area (TPSA) is 41.1 Å². The van der Waals surface area contributed by atoms with Gasteiger partial charge in [0.25, 0.3) is 0 Å². The van der Waals surface area contributed by atoms with Crippen LogP contribution in [0.25, 0.3) is 0 Å². The summed E-state index contributed by atoms with van der Waals surface area (Å²) in [6.07, 6.45) is 7.12. The zero-order valence-corrected chi connectivity index (χ0v) is 9.31. The molecule has 82 valence electrons. The van der Waals surface area contributed by atoms with Crippen LogP contribution in [0.2, 0.25) is 0 Å². The van der Waals surface area contributed by atoms with Gasteiger partial charge in [-0.2, -0.15) is 0 Å². The van der Waals surface area contributed by atoms with Crippen LogP contribution in [0.1, 0.15) is 52.4 Å². The number of amides is 2. The Morgan fingerprint density at radius 1 is 1.36 bits per heavy atom. The quantitative estimate of drug-likeness (QED) is 0.718. The molecule has 0 unspecified atom stereocenters. The number of rotatable bonds is 3. The highest BCUT2D eigenvalue weighted by Gasteiger charge is 2.15. The van der Waals surface area contributed by atoms with E-state index >= 15 is 0 Å². The smallest absolute Gasteiger partial charge is 0.315 e. The average molecular weight is 198 g/mol. The molecule has 1 atom stereocenters. The van der Waals surface area contributed by atoms with E-state index in [1.807, 2.05) is 6.92 Å². The molecular weight excluding hydrogens is 176 g/mol. The predicted octanol–water partition coefficient (Wildman–Crippen LogP) is 2.42. The molecule has 1 saturated carbocycles. The van der Waals surface area contributed by atoms with Crippen LogP contribution < -0.4 is 10.6 Å². The molecule has 1 fully saturated rings. The molecule has 0 radical (unpaired) electrons. The van der Waals surface area contributed by atoms with Crippen molar-refractivity contribution in [2.75, 3.05) is 0 Å². The van der Waals surface area contributed by atoms with Gasteiger partial charge in [-0.05, 0) is 26.2 Å². The van der Waals surface area contributed by atoms with Gasteiger partial charge in [-0.1, -0.05) is 26.2 Å². The minimum Gasteiger partial charge on any atom is -0.336 e. The lowest BCUT2D eigenvalue weighted by molar-refractivity contribution is 0.229. The maximum atomic E-state index is 11.5. The zero-order chi connectivity index (χ0) is 10.4. The van der Waals surface area contributed by atoms with Crippen molar-refractivity contribution < 1.29 is 4.79 Å². The minimum atomic E-state index is 0.00579. The number of carbonyl (C=O) groups is 1. The zero-order valence-electron chi connectivity index (χ0n) is 9.31. The van der Waals surface area contributed by atoms with Crippen LogP contribution in [0, 0.1) is 0 Å². The molecule has 1 aliphatic rings. The van der Waals surface area contributed by atoms with E-state index in [1.54, 1.807) is 0 Å². The molecular formula is C11H22N2O. The second-order valence-corrected chi connectivity index (χ2v) is 4.26. The van der Waals surface area contributed by atoms with E-state index in [4.69, 9.17) is 0 Å². The number of nitrogens with one attached hydrogen (secondary N) is 2. The van der Waals surface area contributed by atoms with E-state index in [0.717, 1.165) is 19.3 Å². The van der Waals surface area contributed by atoms with E-state index in [-0.39, 0.29) is 12.1 Å². The lowest BCUT2D eigenvalue weighted by atomic mass is 9.96. The highest BCUT2D eigenvalue weighted by atomic mass is 16.2. The van der Waals surface area contributed by atoms with Crippen LogP contribution in [0.5, 0.6) is 0 Å². The van der Waals surface area contributed by atoms with E-state index in [2.05, 4.69) is 17.6 Å². The van der Waals surface area contributed by atoms with Gasteiger partial charge in [-0.25, -0.2) is 4.79 Å². The third-order valence-corrected chi connectivity index (χ3v) is 2.93. The molecule has 0 aromatic rings.